The van der Waals surface area contributed by atoms with Gasteiger partial charge in [-0.1, -0.05) is 48.5 Å². The van der Waals surface area contributed by atoms with Crippen molar-refractivity contribution in [2.24, 2.45) is 11.8 Å². The van der Waals surface area contributed by atoms with Crippen LogP contribution in [0.15, 0.2) is 48.5 Å². The lowest BCUT2D eigenvalue weighted by Crippen LogP contribution is -2.51. The average Bonchev–Trinajstić information content (AvgIpc) is 2.95. The highest BCUT2D eigenvalue weighted by molar-refractivity contribution is 5.82. The largest absolute Gasteiger partial charge is 0.481 e. The molecule has 1 saturated carbocycles. The number of nitrogens with zero attached hydrogens (tertiary/aromatic N) is 1. The van der Waals surface area contributed by atoms with Crippen LogP contribution >= 0.6 is 0 Å². The van der Waals surface area contributed by atoms with Gasteiger partial charge in [0.2, 0.25) is 5.91 Å². The molecule has 1 aliphatic heterocycles. The van der Waals surface area contributed by atoms with Gasteiger partial charge in [-0.15, -0.1) is 0 Å². The first kappa shape index (κ1) is 22.4. The number of aliphatic carboxylic acids is 1. The highest BCUT2D eigenvalue weighted by atomic mass is 16.5. The van der Waals surface area contributed by atoms with Crippen LogP contribution in [0.1, 0.15) is 29.9 Å². The third kappa shape index (κ3) is 4.37. The van der Waals surface area contributed by atoms with Crippen molar-refractivity contribution in [3.8, 4) is 11.1 Å². The maximum absolute atomic E-state index is 12.8. The van der Waals surface area contributed by atoms with Gasteiger partial charge in [0.1, 0.15) is 6.61 Å². The number of carboxylic acid groups (broad SMARTS) is 1. The molecule has 0 spiro atoms. The van der Waals surface area contributed by atoms with Gasteiger partial charge in [0.05, 0.1) is 19.1 Å². The number of ether oxygens (including phenoxy) is 2. The van der Waals surface area contributed by atoms with Gasteiger partial charge in [-0.05, 0) is 35.1 Å². The molecule has 0 bridgehead atoms. The van der Waals surface area contributed by atoms with Crippen LogP contribution < -0.4 is 5.32 Å². The summed E-state index contributed by atoms with van der Waals surface area (Å²) in [6.45, 7) is 1.26. The van der Waals surface area contributed by atoms with Crippen molar-refractivity contribution < 1.29 is 29.0 Å². The van der Waals surface area contributed by atoms with Crippen molar-refractivity contribution in [2.45, 2.75) is 24.8 Å². The van der Waals surface area contributed by atoms with Crippen molar-refractivity contribution in [2.75, 3.05) is 32.9 Å². The van der Waals surface area contributed by atoms with E-state index >= 15 is 0 Å². The second kappa shape index (κ2) is 9.46. The van der Waals surface area contributed by atoms with Crippen molar-refractivity contribution in [1.29, 1.82) is 0 Å². The Bertz CT molecular complexity index is 1050. The summed E-state index contributed by atoms with van der Waals surface area (Å²) in [5, 5.41) is 12.1. The summed E-state index contributed by atoms with van der Waals surface area (Å²) in [5.41, 5.74) is 4.67. The fraction of sp³-hybridized carbons (Fsp3) is 0.423. The minimum Gasteiger partial charge on any atom is -0.481 e. The Morgan fingerprint density at radius 2 is 1.65 bits per heavy atom. The fourth-order valence-corrected chi connectivity index (χ4v) is 5.16. The van der Waals surface area contributed by atoms with E-state index in [9.17, 15) is 19.5 Å². The molecule has 0 aromatic heterocycles. The predicted octanol–water partition coefficient (Wildman–Crippen LogP) is 2.86. The van der Waals surface area contributed by atoms with E-state index in [1.54, 1.807) is 4.90 Å². The number of rotatable bonds is 5. The molecule has 0 radical (unpaired) electrons. The van der Waals surface area contributed by atoms with E-state index in [-0.39, 0.29) is 43.5 Å². The van der Waals surface area contributed by atoms with Crippen LogP contribution in [0.5, 0.6) is 0 Å². The van der Waals surface area contributed by atoms with Crippen LogP contribution in [0.3, 0.4) is 0 Å². The molecule has 2 aliphatic carbocycles. The molecule has 1 atom stereocenters. The molecule has 3 aliphatic rings. The smallest absolute Gasteiger partial charge is 0.407 e. The molecule has 1 heterocycles. The highest BCUT2D eigenvalue weighted by Crippen LogP contribution is 2.44. The van der Waals surface area contributed by atoms with E-state index in [1.807, 2.05) is 24.3 Å². The Morgan fingerprint density at radius 1 is 1.00 bits per heavy atom. The lowest BCUT2D eigenvalue weighted by Gasteiger charge is -2.37. The standard InChI is InChI=1S/C26H28N2O6/c29-24(28-9-10-33-14-17(13-28)25(30)31)16-11-18(12-16)27-26(32)34-15-23-21-7-3-1-5-19(21)20-6-2-4-8-22(20)23/h1-8,16-18,23H,9-15H2,(H,27,32)(H,30,31). The zero-order valence-corrected chi connectivity index (χ0v) is 18.8. The van der Waals surface area contributed by atoms with Crippen LogP contribution in [-0.2, 0) is 19.1 Å². The maximum atomic E-state index is 12.8. The predicted molar refractivity (Wildman–Crippen MR) is 123 cm³/mol. The number of carbonyl (C=O) groups excluding carboxylic acids is 2. The molecular formula is C26H28N2O6. The van der Waals surface area contributed by atoms with Crippen LogP contribution in [0.2, 0.25) is 0 Å². The zero-order chi connectivity index (χ0) is 23.7. The summed E-state index contributed by atoms with van der Waals surface area (Å²) in [6.07, 6.45) is 0.572. The van der Waals surface area contributed by atoms with Gasteiger partial charge in [-0.3, -0.25) is 9.59 Å². The molecule has 1 unspecified atom stereocenters. The van der Waals surface area contributed by atoms with Crippen LogP contribution in [0.4, 0.5) is 4.79 Å². The average molecular weight is 465 g/mol. The molecule has 2 aromatic rings. The van der Waals surface area contributed by atoms with E-state index in [0.717, 1.165) is 11.1 Å². The zero-order valence-electron chi connectivity index (χ0n) is 18.8. The Morgan fingerprint density at radius 3 is 2.29 bits per heavy atom. The van der Waals surface area contributed by atoms with E-state index in [1.165, 1.54) is 11.1 Å². The molecule has 8 heteroatoms. The Balaban J connectivity index is 1.11. The number of hydrogen-bond acceptors (Lipinski definition) is 5. The Hall–Kier alpha value is -3.39. The minimum atomic E-state index is -0.955. The van der Waals surface area contributed by atoms with Crippen LogP contribution in [0.25, 0.3) is 11.1 Å². The number of fused-ring (bicyclic) bond motifs is 3. The van der Waals surface area contributed by atoms with Crippen LogP contribution in [-0.4, -0.2) is 66.9 Å². The number of hydrogen-bond donors (Lipinski definition) is 2. The number of carboxylic acids is 1. The number of carbonyl (C=O) groups is 3. The van der Waals surface area contributed by atoms with Gasteiger partial charge in [0, 0.05) is 31.0 Å². The molecule has 8 nitrogen and oxygen atoms in total. The van der Waals surface area contributed by atoms with Gasteiger partial charge in [0.15, 0.2) is 0 Å². The lowest BCUT2D eigenvalue weighted by atomic mass is 9.79. The summed E-state index contributed by atoms with van der Waals surface area (Å²) in [5.74, 6) is -1.94. The summed E-state index contributed by atoms with van der Waals surface area (Å²) in [6, 6.07) is 16.2. The molecule has 2 fully saturated rings. The second-order valence-electron chi connectivity index (χ2n) is 9.23. The monoisotopic (exact) mass is 464 g/mol. The topological polar surface area (TPSA) is 105 Å². The Labute approximate surface area is 197 Å². The molecule has 178 valence electrons. The summed E-state index contributed by atoms with van der Waals surface area (Å²) < 4.78 is 10.9. The first-order valence-electron chi connectivity index (χ1n) is 11.7. The molecule has 34 heavy (non-hydrogen) atoms. The summed E-state index contributed by atoms with van der Waals surface area (Å²) in [7, 11) is 0. The second-order valence-corrected chi connectivity index (χ2v) is 9.23. The quantitative estimate of drug-likeness (QED) is 0.705. The van der Waals surface area contributed by atoms with Crippen molar-refractivity contribution in [3.63, 3.8) is 0 Å². The third-order valence-electron chi connectivity index (χ3n) is 7.08. The fourth-order valence-electron chi connectivity index (χ4n) is 5.16. The highest BCUT2D eigenvalue weighted by Gasteiger charge is 2.39. The maximum Gasteiger partial charge on any atom is 0.407 e. The Kier molecular flexibility index (Phi) is 6.24. The van der Waals surface area contributed by atoms with Crippen molar-refractivity contribution in [3.05, 3.63) is 59.7 Å². The summed E-state index contributed by atoms with van der Waals surface area (Å²) >= 11 is 0. The van der Waals surface area contributed by atoms with Gasteiger partial charge < -0.3 is 24.8 Å². The lowest BCUT2D eigenvalue weighted by molar-refractivity contribution is -0.145. The molecule has 5 rings (SSSR count). The van der Waals surface area contributed by atoms with E-state index in [4.69, 9.17) is 9.47 Å². The molecular weight excluding hydrogens is 436 g/mol. The molecule has 2 aromatic carbocycles. The number of amides is 2. The van der Waals surface area contributed by atoms with E-state index < -0.39 is 18.0 Å². The SMILES string of the molecule is O=C(NC1CC(C(=O)N2CCOCC(C(=O)O)C2)C1)OCC1c2ccccc2-c2ccccc21. The summed E-state index contributed by atoms with van der Waals surface area (Å²) in [4.78, 5) is 38.2. The van der Waals surface area contributed by atoms with Crippen molar-refractivity contribution >= 4 is 18.0 Å². The number of benzene rings is 2. The van der Waals surface area contributed by atoms with Gasteiger partial charge >= 0.3 is 12.1 Å². The first-order chi connectivity index (χ1) is 16.5. The van der Waals surface area contributed by atoms with Gasteiger partial charge in [-0.2, -0.15) is 0 Å². The van der Waals surface area contributed by atoms with Crippen LogP contribution in [0, 0.1) is 11.8 Å². The van der Waals surface area contributed by atoms with Gasteiger partial charge in [0.25, 0.3) is 0 Å². The molecule has 2 N–H and O–H groups in total. The van der Waals surface area contributed by atoms with Crippen molar-refractivity contribution in [1.82, 2.24) is 10.2 Å². The minimum absolute atomic E-state index is 0.00121. The number of alkyl carbamates (subject to hydrolysis) is 1. The van der Waals surface area contributed by atoms with Gasteiger partial charge in [-0.25, -0.2) is 4.79 Å². The molecule has 2 amide bonds. The van der Waals surface area contributed by atoms with E-state index in [0.29, 0.717) is 26.0 Å². The molecule has 1 saturated heterocycles. The third-order valence-corrected chi connectivity index (χ3v) is 7.08. The first-order valence-corrected chi connectivity index (χ1v) is 11.7. The van der Waals surface area contributed by atoms with E-state index in [2.05, 4.69) is 29.6 Å². The normalized spacial score (nSPS) is 23.8. The number of nitrogens with one attached hydrogen (secondary N) is 1.